The summed E-state index contributed by atoms with van der Waals surface area (Å²) in [5, 5.41) is 3.51. The van der Waals surface area contributed by atoms with Gasteiger partial charge in [-0.2, -0.15) is 0 Å². The summed E-state index contributed by atoms with van der Waals surface area (Å²) < 4.78 is 13.3. The number of nitrogens with one attached hydrogen (secondary N) is 1. The zero-order chi connectivity index (χ0) is 13.8. The van der Waals surface area contributed by atoms with E-state index in [9.17, 15) is 4.39 Å². The van der Waals surface area contributed by atoms with E-state index >= 15 is 0 Å². The highest BCUT2D eigenvalue weighted by Gasteiger charge is 2.23. The van der Waals surface area contributed by atoms with Crippen LogP contribution in [0.4, 0.5) is 4.39 Å². The molecular weight excluding hydrogens is 225 g/mol. The highest BCUT2D eigenvalue weighted by Crippen LogP contribution is 2.29. The van der Waals surface area contributed by atoms with Crippen LogP contribution in [-0.4, -0.2) is 12.6 Å². The predicted molar refractivity (Wildman–Crippen MR) is 76.5 cm³/mol. The summed E-state index contributed by atoms with van der Waals surface area (Å²) in [6.45, 7) is 11.7. The molecule has 102 valence electrons. The average molecular weight is 251 g/mol. The van der Waals surface area contributed by atoms with Crippen molar-refractivity contribution in [1.82, 2.24) is 5.32 Å². The van der Waals surface area contributed by atoms with Crippen LogP contribution in [0.15, 0.2) is 18.2 Å². The maximum absolute atomic E-state index is 13.3. The Hall–Kier alpha value is -0.890. The molecule has 0 aliphatic rings. The van der Waals surface area contributed by atoms with Crippen LogP contribution >= 0.6 is 0 Å². The topological polar surface area (TPSA) is 12.0 Å². The Balaban J connectivity index is 2.75. The number of hydrogen-bond donors (Lipinski definition) is 1. The van der Waals surface area contributed by atoms with Crippen molar-refractivity contribution in [2.75, 3.05) is 6.54 Å². The van der Waals surface area contributed by atoms with E-state index in [1.165, 1.54) is 5.56 Å². The SMILES string of the molecule is CCCNC(C)CC(C)(C)c1ccc(F)c(C)c1. The highest BCUT2D eigenvalue weighted by molar-refractivity contribution is 5.29. The highest BCUT2D eigenvalue weighted by atomic mass is 19.1. The zero-order valence-corrected chi connectivity index (χ0v) is 12.3. The maximum Gasteiger partial charge on any atom is 0.126 e. The summed E-state index contributed by atoms with van der Waals surface area (Å²) in [7, 11) is 0. The third kappa shape index (κ3) is 4.09. The van der Waals surface area contributed by atoms with E-state index < -0.39 is 0 Å². The van der Waals surface area contributed by atoms with Crippen LogP contribution in [0.25, 0.3) is 0 Å². The molecule has 2 heteroatoms. The van der Waals surface area contributed by atoms with Crippen molar-refractivity contribution in [2.24, 2.45) is 0 Å². The fraction of sp³-hybridized carbons (Fsp3) is 0.625. The minimum absolute atomic E-state index is 0.0681. The number of hydrogen-bond acceptors (Lipinski definition) is 1. The maximum atomic E-state index is 13.3. The molecule has 1 atom stereocenters. The quantitative estimate of drug-likeness (QED) is 0.799. The van der Waals surface area contributed by atoms with Crippen molar-refractivity contribution in [1.29, 1.82) is 0 Å². The third-order valence-electron chi connectivity index (χ3n) is 3.50. The van der Waals surface area contributed by atoms with E-state index in [0.717, 1.165) is 24.9 Å². The first kappa shape index (κ1) is 15.2. The van der Waals surface area contributed by atoms with Gasteiger partial charge in [-0.15, -0.1) is 0 Å². The molecule has 1 unspecified atom stereocenters. The summed E-state index contributed by atoms with van der Waals surface area (Å²) in [6.07, 6.45) is 2.21. The summed E-state index contributed by atoms with van der Waals surface area (Å²) in [4.78, 5) is 0. The number of rotatable bonds is 6. The Kier molecular flexibility index (Phi) is 5.33. The van der Waals surface area contributed by atoms with E-state index in [-0.39, 0.29) is 11.2 Å². The van der Waals surface area contributed by atoms with Crippen LogP contribution in [0.1, 0.15) is 51.7 Å². The zero-order valence-electron chi connectivity index (χ0n) is 12.3. The lowest BCUT2D eigenvalue weighted by atomic mass is 9.79. The van der Waals surface area contributed by atoms with Crippen molar-refractivity contribution in [3.8, 4) is 0 Å². The van der Waals surface area contributed by atoms with Gasteiger partial charge in [-0.1, -0.05) is 32.9 Å². The van der Waals surface area contributed by atoms with Crippen molar-refractivity contribution in [3.63, 3.8) is 0 Å². The largest absolute Gasteiger partial charge is 0.314 e. The van der Waals surface area contributed by atoms with E-state index in [2.05, 4.69) is 33.0 Å². The molecule has 1 rings (SSSR count). The standard InChI is InChI=1S/C16H26FN/c1-6-9-18-13(3)11-16(4,5)14-7-8-15(17)12(2)10-14/h7-8,10,13,18H,6,9,11H2,1-5H3. The Bertz CT molecular complexity index is 385. The number of aryl methyl sites for hydroxylation is 1. The predicted octanol–water partition coefficient (Wildman–Crippen LogP) is 4.19. The summed E-state index contributed by atoms with van der Waals surface area (Å²) in [6, 6.07) is 5.94. The normalized spacial score (nSPS) is 13.7. The minimum Gasteiger partial charge on any atom is -0.314 e. The third-order valence-corrected chi connectivity index (χ3v) is 3.50. The van der Waals surface area contributed by atoms with Crippen molar-refractivity contribution >= 4 is 0 Å². The molecule has 0 aromatic heterocycles. The van der Waals surface area contributed by atoms with Crippen molar-refractivity contribution in [2.45, 2.75) is 58.9 Å². The van der Waals surface area contributed by atoms with Crippen molar-refractivity contribution < 1.29 is 4.39 Å². The van der Waals surface area contributed by atoms with Crippen molar-refractivity contribution in [3.05, 3.63) is 35.1 Å². The molecule has 0 spiro atoms. The van der Waals surface area contributed by atoms with E-state index in [0.29, 0.717) is 6.04 Å². The van der Waals surface area contributed by atoms with Gasteiger partial charge in [0.05, 0.1) is 0 Å². The molecule has 0 amide bonds. The Morgan fingerprint density at radius 1 is 1.33 bits per heavy atom. The molecule has 0 radical (unpaired) electrons. The minimum atomic E-state index is -0.119. The Labute approximate surface area is 111 Å². The number of benzene rings is 1. The van der Waals surface area contributed by atoms with Gasteiger partial charge in [0.15, 0.2) is 0 Å². The lowest BCUT2D eigenvalue weighted by Gasteiger charge is -2.29. The molecule has 0 saturated heterocycles. The molecular formula is C16H26FN. The molecule has 0 aliphatic carbocycles. The van der Waals surface area contributed by atoms with E-state index in [4.69, 9.17) is 0 Å². The molecule has 0 heterocycles. The smallest absolute Gasteiger partial charge is 0.126 e. The van der Waals surface area contributed by atoms with Crippen LogP contribution in [0.5, 0.6) is 0 Å². The molecule has 1 nitrogen and oxygen atoms in total. The molecule has 0 aliphatic heterocycles. The van der Waals surface area contributed by atoms with Gasteiger partial charge in [0.25, 0.3) is 0 Å². The fourth-order valence-corrected chi connectivity index (χ4v) is 2.41. The molecule has 0 bridgehead atoms. The lowest BCUT2D eigenvalue weighted by molar-refractivity contribution is 0.389. The summed E-state index contributed by atoms with van der Waals surface area (Å²) in [5.74, 6) is -0.119. The first-order valence-corrected chi connectivity index (χ1v) is 6.87. The van der Waals surface area contributed by atoms with Gasteiger partial charge >= 0.3 is 0 Å². The summed E-state index contributed by atoms with van der Waals surface area (Å²) >= 11 is 0. The van der Waals surface area contributed by atoms with Gasteiger partial charge in [-0.05, 0) is 55.8 Å². The fourth-order valence-electron chi connectivity index (χ4n) is 2.41. The second kappa shape index (κ2) is 6.33. The molecule has 18 heavy (non-hydrogen) atoms. The second-order valence-corrected chi connectivity index (χ2v) is 5.91. The first-order valence-electron chi connectivity index (χ1n) is 6.87. The van der Waals surface area contributed by atoms with Crippen LogP contribution < -0.4 is 5.32 Å². The molecule has 1 aromatic rings. The van der Waals surface area contributed by atoms with Gasteiger partial charge in [-0.3, -0.25) is 0 Å². The monoisotopic (exact) mass is 251 g/mol. The molecule has 1 N–H and O–H groups in total. The van der Waals surface area contributed by atoms with Crippen LogP contribution in [-0.2, 0) is 5.41 Å². The Morgan fingerprint density at radius 2 is 2.00 bits per heavy atom. The molecule has 0 saturated carbocycles. The van der Waals surface area contributed by atoms with Gasteiger partial charge in [0.1, 0.15) is 5.82 Å². The average Bonchev–Trinajstić information content (AvgIpc) is 2.29. The van der Waals surface area contributed by atoms with Crippen LogP contribution in [0, 0.1) is 12.7 Å². The second-order valence-electron chi connectivity index (χ2n) is 5.91. The summed E-state index contributed by atoms with van der Waals surface area (Å²) in [5.41, 5.74) is 2.01. The Morgan fingerprint density at radius 3 is 2.56 bits per heavy atom. The van der Waals surface area contributed by atoms with Gasteiger partial charge in [-0.25, -0.2) is 4.39 Å². The molecule has 0 fully saturated rings. The molecule has 1 aromatic carbocycles. The lowest BCUT2D eigenvalue weighted by Crippen LogP contribution is -2.33. The van der Waals surface area contributed by atoms with Crippen LogP contribution in [0.2, 0.25) is 0 Å². The van der Waals surface area contributed by atoms with Gasteiger partial charge in [0.2, 0.25) is 0 Å². The first-order chi connectivity index (χ1) is 8.36. The van der Waals surface area contributed by atoms with E-state index in [1.54, 1.807) is 6.07 Å². The van der Waals surface area contributed by atoms with Crippen LogP contribution in [0.3, 0.4) is 0 Å². The van der Waals surface area contributed by atoms with Gasteiger partial charge < -0.3 is 5.32 Å². The van der Waals surface area contributed by atoms with E-state index in [1.807, 2.05) is 19.1 Å². The number of halogens is 1. The van der Waals surface area contributed by atoms with Gasteiger partial charge in [0, 0.05) is 6.04 Å².